The van der Waals surface area contributed by atoms with Crippen molar-refractivity contribution in [1.29, 1.82) is 0 Å². The summed E-state index contributed by atoms with van der Waals surface area (Å²) < 4.78 is 0. The SMILES string of the molecule is C1=CCCCCC\C=C/C=C\C=C/C=C\C=C/C=C\C=C/C=C\C=C/1. The Hall–Kier alpha value is -2.60. The van der Waals surface area contributed by atoms with E-state index in [1.165, 1.54) is 19.3 Å². The molecule has 0 amide bonds. The Morgan fingerprint density at radius 1 is 0.240 bits per heavy atom. The van der Waals surface area contributed by atoms with E-state index in [-0.39, 0.29) is 0 Å². The van der Waals surface area contributed by atoms with Crippen LogP contribution in [0.4, 0.5) is 0 Å². The quantitative estimate of drug-likeness (QED) is 0.431. The van der Waals surface area contributed by atoms with Gasteiger partial charge < -0.3 is 0 Å². The van der Waals surface area contributed by atoms with Crippen molar-refractivity contribution in [3.05, 3.63) is 122 Å². The van der Waals surface area contributed by atoms with Gasteiger partial charge in [-0.2, -0.15) is 0 Å². The smallest absolute Gasteiger partial charge is 0.0348 e. The van der Waals surface area contributed by atoms with Gasteiger partial charge in [0, 0.05) is 0 Å². The van der Waals surface area contributed by atoms with Gasteiger partial charge in [-0.1, -0.05) is 128 Å². The van der Waals surface area contributed by atoms with E-state index >= 15 is 0 Å². The molecule has 1 aliphatic carbocycles. The monoisotopic (exact) mass is 330 g/mol. The molecular weight excluding hydrogens is 300 g/mol. The van der Waals surface area contributed by atoms with Crippen LogP contribution in [-0.2, 0) is 0 Å². The molecule has 0 saturated heterocycles. The van der Waals surface area contributed by atoms with Crippen LogP contribution in [0.15, 0.2) is 122 Å². The van der Waals surface area contributed by atoms with Gasteiger partial charge in [0.05, 0.1) is 0 Å². The normalized spacial score (nSPS) is 29.1. The van der Waals surface area contributed by atoms with E-state index in [2.05, 4.69) is 48.6 Å². The van der Waals surface area contributed by atoms with Crippen molar-refractivity contribution in [2.24, 2.45) is 0 Å². The van der Waals surface area contributed by atoms with Gasteiger partial charge in [-0.25, -0.2) is 0 Å². The third-order valence-corrected chi connectivity index (χ3v) is 3.40. The number of rotatable bonds is 0. The number of hydrogen-bond donors (Lipinski definition) is 0. The first-order valence-corrected chi connectivity index (χ1v) is 9.15. The third-order valence-electron chi connectivity index (χ3n) is 3.40. The average molecular weight is 331 g/mol. The van der Waals surface area contributed by atoms with Crippen LogP contribution in [0, 0.1) is 0 Å². The highest BCUT2D eigenvalue weighted by atomic mass is 13.9. The maximum absolute atomic E-state index is 2.25. The second-order valence-corrected chi connectivity index (χ2v) is 5.57. The number of hydrogen-bond acceptors (Lipinski definition) is 0. The molecule has 0 heteroatoms. The zero-order valence-corrected chi connectivity index (χ0v) is 15.1. The summed E-state index contributed by atoms with van der Waals surface area (Å²) in [5, 5.41) is 0. The average Bonchev–Trinajstić information content (AvgIpc) is 2.62. The standard InChI is InChI=1S/C25H30/c1-2-4-6-8-10-12-14-16-18-20-22-24-25-23-21-19-17-15-13-11-9-7-5-3-1/h1-20H,21-25H2/b3-1-,4-2-,7-5-,8-6-,11-9-,12-10-,15-13-,16-14-,19-17-,20-18?. The van der Waals surface area contributed by atoms with Gasteiger partial charge in [-0.05, 0) is 25.7 Å². The fourth-order valence-corrected chi connectivity index (χ4v) is 2.08. The Labute approximate surface area is 154 Å². The molecular formula is C25H30. The van der Waals surface area contributed by atoms with Crippen LogP contribution >= 0.6 is 0 Å². The molecule has 0 spiro atoms. The lowest BCUT2D eigenvalue weighted by Crippen LogP contribution is -1.74. The molecule has 1 aliphatic rings. The van der Waals surface area contributed by atoms with Crippen LogP contribution < -0.4 is 0 Å². The van der Waals surface area contributed by atoms with Crippen molar-refractivity contribution in [2.75, 3.05) is 0 Å². The molecule has 0 radical (unpaired) electrons. The predicted octanol–water partition coefficient (Wildman–Crippen LogP) is 7.51. The van der Waals surface area contributed by atoms with Gasteiger partial charge in [0.25, 0.3) is 0 Å². The second kappa shape index (κ2) is 17.7. The van der Waals surface area contributed by atoms with Gasteiger partial charge in [0.15, 0.2) is 0 Å². The zero-order valence-electron chi connectivity index (χ0n) is 15.1. The minimum Gasteiger partial charge on any atom is -0.0845 e. The highest BCUT2D eigenvalue weighted by Crippen LogP contribution is 2.04. The summed E-state index contributed by atoms with van der Waals surface area (Å²) in [6.07, 6.45) is 47.5. The fraction of sp³-hybridized carbons (Fsp3) is 0.200. The molecule has 0 aliphatic heterocycles. The Morgan fingerprint density at radius 2 is 0.480 bits per heavy atom. The summed E-state index contributed by atoms with van der Waals surface area (Å²) in [7, 11) is 0. The van der Waals surface area contributed by atoms with Crippen molar-refractivity contribution in [1.82, 2.24) is 0 Å². The summed E-state index contributed by atoms with van der Waals surface area (Å²) >= 11 is 0. The molecule has 1 rings (SSSR count). The predicted molar refractivity (Wildman–Crippen MR) is 114 cm³/mol. The molecule has 130 valence electrons. The molecule has 0 aromatic rings. The highest BCUT2D eigenvalue weighted by molar-refractivity contribution is 5.22. The first kappa shape index (κ1) is 20.4. The van der Waals surface area contributed by atoms with Gasteiger partial charge in [-0.15, -0.1) is 0 Å². The van der Waals surface area contributed by atoms with Crippen molar-refractivity contribution in [3.63, 3.8) is 0 Å². The summed E-state index contributed by atoms with van der Waals surface area (Å²) in [6, 6.07) is 0. The van der Waals surface area contributed by atoms with Gasteiger partial charge in [-0.3, -0.25) is 0 Å². The fourth-order valence-electron chi connectivity index (χ4n) is 2.08. The first-order valence-electron chi connectivity index (χ1n) is 9.15. The molecule has 0 aromatic heterocycles. The molecule has 0 bridgehead atoms. The van der Waals surface area contributed by atoms with E-state index in [0.29, 0.717) is 0 Å². The van der Waals surface area contributed by atoms with E-state index < -0.39 is 0 Å². The van der Waals surface area contributed by atoms with Crippen LogP contribution in [0.5, 0.6) is 0 Å². The molecule has 0 atom stereocenters. The van der Waals surface area contributed by atoms with Gasteiger partial charge in [0.1, 0.15) is 0 Å². The maximum Gasteiger partial charge on any atom is -0.0348 e. The van der Waals surface area contributed by atoms with Crippen LogP contribution in [0.25, 0.3) is 0 Å². The topological polar surface area (TPSA) is 0 Å². The van der Waals surface area contributed by atoms with Crippen LogP contribution in [0.1, 0.15) is 32.1 Å². The first-order chi connectivity index (χ1) is 12.5. The Morgan fingerprint density at radius 3 is 0.760 bits per heavy atom. The minimum atomic E-state index is 1.16. The zero-order chi connectivity index (χ0) is 17.7. The van der Waals surface area contributed by atoms with Crippen LogP contribution in [-0.4, -0.2) is 0 Å². The van der Waals surface area contributed by atoms with E-state index in [4.69, 9.17) is 0 Å². The Kier molecular flexibility index (Phi) is 14.5. The molecule has 0 unspecified atom stereocenters. The lowest BCUT2D eigenvalue weighted by molar-refractivity contribution is 0.696. The van der Waals surface area contributed by atoms with Crippen LogP contribution in [0.3, 0.4) is 0 Å². The lowest BCUT2D eigenvalue weighted by Gasteiger charge is -1.94. The van der Waals surface area contributed by atoms with E-state index in [0.717, 1.165) is 12.8 Å². The molecule has 0 N–H and O–H groups in total. The summed E-state index contributed by atoms with van der Waals surface area (Å²) in [5.74, 6) is 0. The molecule has 0 nitrogen and oxygen atoms in total. The Balaban J connectivity index is 2.51. The van der Waals surface area contributed by atoms with Crippen molar-refractivity contribution >= 4 is 0 Å². The molecule has 25 heavy (non-hydrogen) atoms. The van der Waals surface area contributed by atoms with Gasteiger partial charge >= 0.3 is 0 Å². The minimum absolute atomic E-state index is 1.16. The van der Waals surface area contributed by atoms with Crippen LogP contribution in [0.2, 0.25) is 0 Å². The lowest BCUT2D eigenvalue weighted by atomic mass is 10.1. The maximum atomic E-state index is 2.25. The second-order valence-electron chi connectivity index (χ2n) is 5.57. The van der Waals surface area contributed by atoms with Gasteiger partial charge in [0.2, 0.25) is 0 Å². The summed E-state index contributed by atoms with van der Waals surface area (Å²) in [5.41, 5.74) is 0. The third kappa shape index (κ3) is 16.1. The van der Waals surface area contributed by atoms with Crippen molar-refractivity contribution in [3.8, 4) is 0 Å². The van der Waals surface area contributed by atoms with Crippen molar-refractivity contribution in [2.45, 2.75) is 32.1 Å². The highest BCUT2D eigenvalue weighted by Gasteiger charge is 1.84. The van der Waals surface area contributed by atoms with Crippen molar-refractivity contribution < 1.29 is 0 Å². The molecule has 0 fully saturated rings. The van der Waals surface area contributed by atoms with E-state index in [9.17, 15) is 0 Å². The molecule has 0 saturated carbocycles. The molecule has 0 aromatic carbocycles. The largest absolute Gasteiger partial charge is 0.0845 e. The molecule has 0 heterocycles. The summed E-state index contributed by atoms with van der Waals surface area (Å²) in [4.78, 5) is 0. The summed E-state index contributed by atoms with van der Waals surface area (Å²) in [6.45, 7) is 0. The Bertz CT molecular complexity index is 542. The van der Waals surface area contributed by atoms with E-state index in [1.807, 2.05) is 72.9 Å². The van der Waals surface area contributed by atoms with E-state index in [1.54, 1.807) is 0 Å². The number of allylic oxidation sites excluding steroid dienone is 20.